The summed E-state index contributed by atoms with van der Waals surface area (Å²) in [5.74, 6) is -0.679. The van der Waals surface area contributed by atoms with Crippen molar-refractivity contribution in [3.05, 3.63) is 58.7 Å². The molecule has 0 bridgehead atoms. The van der Waals surface area contributed by atoms with Crippen molar-refractivity contribution in [3.63, 3.8) is 0 Å². The molecule has 0 radical (unpaired) electrons. The monoisotopic (exact) mass is 540 g/mol. The molecule has 2 rings (SSSR count). The maximum absolute atomic E-state index is 13.2. The number of hydrogen-bond acceptors (Lipinski definition) is 6. The van der Waals surface area contributed by atoms with E-state index in [0.717, 1.165) is 35.2 Å². The van der Waals surface area contributed by atoms with Crippen LogP contribution < -0.4 is 20.9 Å². The minimum atomic E-state index is -0.984. The van der Waals surface area contributed by atoms with Gasteiger partial charge in [-0.15, -0.1) is 0 Å². The molecule has 0 fully saturated rings. The first-order chi connectivity index (χ1) is 18.2. The summed E-state index contributed by atoms with van der Waals surface area (Å²) in [6, 6.07) is 9.71. The summed E-state index contributed by atoms with van der Waals surface area (Å²) in [6.45, 7) is 11.0. The van der Waals surface area contributed by atoms with Crippen LogP contribution in [0.1, 0.15) is 56.4 Å². The molecule has 0 heterocycles. The van der Waals surface area contributed by atoms with E-state index >= 15 is 0 Å². The van der Waals surface area contributed by atoms with E-state index in [9.17, 15) is 19.5 Å². The fourth-order valence-electron chi connectivity index (χ4n) is 4.15. The van der Waals surface area contributed by atoms with Crippen molar-refractivity contribution in [1.29, 1.82) is 0 Å². The van der Waals surface area contributed by atoms with Crippen molar-refractivity contribution >= 4 is 23.6 Å². The van der Waals surface area contributed by atoms with Gasteiger partial charge < -0.3 is 30.7 Å². The zero-order valence-corrected chi connectivity index (χ0v) is 24.5. The van der Waals surface area contributed by atoms with Gasteiger partial charge >= 0.3 is 6.09 Å². The SMILES string of the molecule is Cc1cc(O)cc(C)c1CC(NC(=O)OC(C)(C)C)C(=O)N[C@H](C)C(=O)NCCCc1ccc(N(C)C)cc1. The lowest BCUT2D eigenvalue weighted by molar-refractivity contribution is -0.129. The highest BCUT2D eigenvalue weighted by molar-refractivity contribution is 5.91. The number of hydrogen-bond donors (Lipinski definition) is 4. The number of alkyl carbamates (subject to hydrolysis) is 1. The number of anilines is 1. The first kappa shape index (κ1) is 31.5. The summed E-state index contributed by atoms with van der Waals surface area (Å²) in [6.07, 6.45) is 1.02. The predicted molar refractivity (Wildman–Crippen MR) is 154 cm³/mol. The molecule has 9 heteroatoms. The Morgan fingerprint density at radius 2 is 1.56 bits per heavy atom. The zero-order chi connectivity index (χ0) is 29.3. The number of aromatic hydroxyl groups is 1. The Morgan fingerprint density at radius 1 is 0.974 bits per heavy atom. The average molecular weight is 541 g/mol. The molecule has 0 aromatic heterocycles. The fourth-order valence-corrected chi connectivity index (χ4v) is 4.15. The van der Waals surface area contributed by atoms with Gasteiger partial charge in [0.1, 0.15) is 23.4 Å². The number of amides is 3. The van der Waals surface area contributed by atoms with Gasteiger partial charge in [0.05, 0.1) is 0 Å². The number of rotatable bonds is 11. The number of ether oxygens (including phenoxy) is 1. The van der Waals surface area contributed by atoms with Crippen molar-refractivity contribution in [2.75, 3.05) is 25.5 Å². The number of aryl methyl sites for hydroxylation is 3. The Kier molecular flexibility index (Phi) is 11.2. The predicted octanol–water partition coefficient (Wildman–Crippen LogP) is 3.76. The van der Waals surface area contributed by atoms with Gasteiger partial charge in [-0.1, -0.05) is 12.1 Å². The maximum atomic E-state index is 13.2. The van der Waals surface area contributed by atoms with Crippen molar-refractivity contribution in [3.8, 4) is 5.75 Å². The molecule has 1 unspecified atom stereocenters. The van der Waals surface area contributed by atoms with Gasteiger partial charge in [-0.3, -0.25) is 9.59 Å². The number of carbonyl (C=O) groups excluding carboxylic acids is 3. The van der Waals surface area contributed by atoms with E-state index in [1.54, 1.807) is 39.8 Å². The molecule has 9 nitrogen and oxygen atoms in total. The molecular weight excluding hydrogens is 496 g/mol. The Balaban J connectivity index is 1.98. The minimum Gasteiger partial charge on any atom is -0.508 e. The van der Waals surface area contributed by atoms with E-state index in [1.165, 1.54) is 5.56 Å². The van der Waals surface area contributed by atoms with Crippen LogP contribution in [0.25, 0.3) is 0 Å². The highest BCUT2D eigenvalue weighted by Crippen LogP contribution is 2.22. The normalized spacial score (nSPS) is 12.7. The lowest BCUT2D eigenvalue weighted by Gasteiger charge is -2.25. The molecular formula is C30H44N4O5. The molecule has 2 atom stereocenters. The fraction of sp³-hybridized carbons (Fsp3) is 0.500. The summed E-state index contributed by atoms with van der Waals surface area (Å²) >= 11 is 0. The van der Waals surface area contributed by atoms with E-state index in [4.69, 9.17) is 4.74 Å². The third-order valence-electron chi connectivity index (χ3n) is 6.24. The van der Waals surface area contributed by atoms with Gasteiger partial charge in [0, 0.05) is 32.7 Å². The van der Waals surface area contributed by atoms with Crippen LogP contribution in [0.4, 0.5) is 10.5 Å². The van der Waals surface area contributed by atoms with Gasteiger partial charge in [0.25, 0.3) is 0 Å². The second-order valence-electron chi connectivity index (χ2n) is 11.1. The minimum absolute atomic E-state index is 0.130. The molecule has 0 saturated heterocycles. The summed E-state index contributed by atoms with van der Waals surface area (Å²) < 4.78 is 5.36. The highest BCUT2D eigenvalue weighted by Gasteiger charge is 2.28. The van der Waals surface area contributed by atoms with Crippen LogP contribution in [0.3, 0.4) is 0 Å². The Morgan fingerprint density at radius 3 is 2.10 bits per heavy atom. The molecule has 0 spiro atoms. The topological polar surface area (TPSA) is 120 Å². The number of carbonyl (C=O) groups is 3. The number of nitrogens with zero attached hydrogens (tertiary/aromatic N) is 1. The highest BCUT2D eigenvalue weighted by atomic mass is 16.6. The zero-order valence-electron chi connectivity index (χ0n) is 24.5. The maximum Gasteiger partial charge on any atom is 0.408 e. The molecule has 2 aromatic rings. The Hall–Kier alpha value is -3.75. The standard InChI is InChI=1S/C30H44N4O5/c1-19-16-24(35)17-20(2)25(19)18-26(33-29(38)39-30(4,5)6)28(37)32-21(3)27(36)31-15-9-10-22-11-13-23(14-12-22)34(7)8/h11-14,16-17,21,26,35H,9-10,15,18H2,1-8H3,(H,31,36)(H,32,37)(H,33,38)/t21-,26?/m1/s1. The molecule has 0 aliphatic heterocycles. The lowest BCUT2D eigenvalue weighted by Crippen LogP contribution is -2.54. The molecule has 2 aromatic carbocycles. The van der Waals surface area contributed by atoms with E-state index < -0.39 is 29.7 Å². The first-order valence-corrected chi connectivity index (χ1v) is 13.3. The van der Waals surface area contributed by atoms with Crippen LogP contribution in [0, 0.1) is 13.8 Å². The summed E-state index contributed by atoms with van der Waals surface area (Å²) in [5, 5.41) is 18.1. The van der Waals surface area contributed by atoms with E-state index in [2.05, 4.69) is 40.2 Å². The summed E-state index contributed by atoms with van der Waals surface area (Å²) in [5.41, 5.74) is 3.98. The third-order valence-corrected chi connectivity index (χ3v) is 6.24. The van der Waals surface area contributed by atoms with E-state index in [-0.39, 0.29) is 18.1 Å². The molecule has 4 N–H and O–H groups in total. The molecule has 214 valence electrons. The smallest absolute Gasteiger partial charge is 0.408 e. The van der Waals surface area contributed by atoms with Crippen molar-refractivity contribution in [2.45, 2.75) is 78.5 Å². The molecule has 0 aliphatic carbocycles. The van der Waals surface area contributed by atoms with Gasteiger partial charge in [-0.2, -0.15) is 0 Å². The van der Waals surface area contributed by atoms with Crippen molar-refractivity contribution in [1.82, 2.24) is 16.0 Å². The lowest BCUT2D eigenvalue weighted by atomic mass is 9.95. The number of benzene rings is 2. The van der Waals surface area contributed by atoms with Crippen LogP contribution in [-0.2, 0) is 27.2 Å². The summed E-state index contributed by atoms with van der Waals surface area (Å²) in [4.78, 5) is 40.5. The van der Waals surface area contributed by atoms with Gasteiger partial charge in [-0.25, -0.2) is 4.79 Å². The van der Waals surface area contributed by atoms with Crippen molar-refractivity contribution in [2.24, 2.45) is 0 Å². The van der Waals surface area contributed by atoms with Gasteiger partial charge in [-0.05, 0) is 101 Å². The average Bonchev–Trinajstić information content (AvgIpc) is 2.82. The van der Waals surface area contributed by atoms with Crippen LogP contribution in [0.2, 0.25) is 0 Å². The van der Waals surface area contributed by atoms with Gasteiger partial charge in [0.15, 0.2) is 0 Å². The third kappa shape index (κ3) is 10.5. The van der Waals surface area contributed by atoms with Crippen molar-refractivity contribution < 1.29 is 24.2 Å². The molecule has 39 heavy (non-hydrogen) atoms. The Bertz CT molecular complexity index is 1120. The van der Waals surface area contributed by atoms with Gasteiger partial charge in [0.2, 0.25) is 11.8 Å². The van der Waals surface area contributed by atoms with E-state index in [0.29, 0.717) is 6.54 Å². The van der Waals surface area contributed by atoms with E-state index in [1.807, 2.05) is 32.8 Å². The molecule has 3 amide bonds. The summed E-state index contributed by atoms with van der Waals surface area (Å²) in [7, 11) is 3.99. The number of phenolic OH excluding ortho intramolecular Hbond substituents is 1. The second kappa shape index (κ2) is 13.9. The molecule has 0 saturated carbocycles. The second-order valence-corrected chi connectivity index (χ2v) is 11.1. The van der Waals surface area contributed by atoms with Crippen LogP contribution in [-0.4, -0.2) is 61.3 Å². The number of nitrogens with one attached hydrogen (secondary N) is 3. The Labute approximate surface area is 232 Å². The molecule has 0 aliphatic rings. The van der Waals surface area contributed by atoms with Crippen LogP contribution in [0.15, 0.2) is 36.4 Å². The first-order valence-electron chi connectivity index (χ1n) is 13.3. The van der Waals surface area contributed by atoms with Crippen LogP contribution in [0.5, 0.6) is 5.75 Å². The largest absolute Gasteiger partial charge is 0.508 e. The quantitative estimate of drug-likeness (QED) is 0.322. The van der Waals surface area contributed by atoms with Crippen LogP contribution >= 0.6 is 0 Å². The number of phenols is 1.